The summed E-state index contributed by atoms with van der Waals surface area (Å²) in [7, 11) is 1.33. The van der Waals surface area contributed by atoms with Crippen LogP contribution in [-0.4, -0.2) is 36.6 Å². The van der Waals surface area contributed by atoms with E-state index in [1.54, 1.807) is 6.07 Å². The lowest BCUT2D eigenvalue weighted by Gasteiger charge is -2.23. The van der Waals surface area contributed by atoms with Crippen LogP contribution in [0.15, 0.2) is 6.07 Å². The van der Waals surface area contributed by atoms with Crippen LogP contribution in [0.4, 0.5) is 5.82 Å². The molecule has 0 saturated carbocycles. The Balaban J connectivity index is 2.10. The molecule has 1 atom stereocenters. The van der Waals surface area contributed by atoms with Gasteiger partial charge in [-0.25, -0.2) is 9.78 Å². The van der Waals surface area contributed by atoms with Crippen LogP contribution < -0.4 is 10.2 Å². The molecule has 106 valence electrons. The van der Waals surface area contributed by atoms with Gasteiger partial charge in [-0.3, -0.25) is 4.79 Å². The largest absolute Gasteiger partial charge is 0.464 e. The van der Waals surface area contributed by atoms with Crippen molar-refractivity contribution in [3.8, 4) is 0 Å². The first-order chi connectivity index (χ1) is 9.61. The van der Waals surface area contributed by atoms with Crippen LogP contribution in [0, 0.1) is 0 Å². The number of amides is 1. The zero-order chi connectivity index (χ0) is 14.3. The molecule has 1 N–H and O–H groups in total. The van der Waals surface area contributed by atoms with Gasteiger partial charge < -0.3 is 15.0 Å². The normalized spacial score (nSPS) is 20.8. The Bertz CT molecular complexity index is 585. The molecule has 2 aliphatic rings. The summed E-state index contributed by atoms with van der Waals surface area (Å²) in [5.41, 5.74) is 1.42. The number of carbonyl (C=O) groups excluding carboxylic acids is 2. The van der Waals surface area contributed by atoms with Gasteiger partial charge in [0, 0.05) is 24.7 Å². The Labute approximate surface area is 117 Å². The van der Waals surface area contributed by atoms with Gasteiger partial charge in [0.1, 0.15) is 5.82 Å². The highest BCUT2D eigenvalue weighted by Crippen LogP contribution is 2.29. The van der Waals surface area contributed by atoms with Crippen molar-refractivity contribution in [2.24, 2.45) is 0 Å². The molecule has 0 aliphatic carbocycles. The van der Waals surface area contributed by atoms with E-state index < -0.39 is 5.97 Å². The number of nitrogens with zero attached hydrogens (tertiary/aromatic N) is 2. The third-order valence-electron chi connectivity index (χ3n) is 4.01. The van der Waals surface area contributed by atoms with Gasteiger partial charge in [-0.05, 0) is 25.8 Å². The van der Waals surface area contributed by atoms with Crippen LogP contribution >= 0.6 is 0 Å². The number of rotatable bonds is 2. The van der Waals surface area contributed by atoms with Gasteiger partial charge in [0.15, 0.2) is 5.69 Å². The van der Waals surface area contributed by atoms with Crippen molar-refractivity contribution >= 4 is 17.7 Å². The Morgan fingerprint density at radius 3 is 3.00 bits per heavy atom. The molecule has 0 spiro atoms. The highest BCUT2D eigenvalue weighted by molar-refractivity contribution is 6.03. The Morgan fingerprint density at radius 1 is 1.55 bits per heavy atom. The van der Waals surface area contributed by atoms with Crippen LogP contribution in [-0.2, 0) is 11.3 Å². The Kier molecular flexibility index (Phi) is 3.08. The third-order valence-corrected chi connectivity index (χ3v) is 4.01. The van der Waals surface area contributed by atoms with Crippen molar-refractivity contribution < 1.29 is 14.3 Å². The number of hydrogen-bond donors (Lipinski definition) is 1. The predicted molar refractivity (Wildman–Crippen MR) is 72.8 cm³/mol. The second-order valence-electron chi connectivity index (χ2n) is 5.21. The first kappa shape index (κ1) is 12.9. The van der Waals surface area contributed by atoms with E-state index in [1.807, 2.05) is 0 Å². The van der Waals surface area contributed by atoms with Gasteiger partial charge in [-0.1, -0.05) is 0 Å². The predicted octanol–water partition coefficient (Wildman–Crippen LogP) is 1.10. The molecular formula is C14H17N3O3. The molecule has 1 saturated heterocycles. The number of ether oxygens (including phenoxy) is 1. The molecule has 0 aromatic carbocycles. The fraction of sp³-hybridized carbons (Fsp3) is 0.500. The van der Waals surface area contributed by atoms with Crippen molar-refractivity contribution in [1.29, 1.82) is 0 Å². The van der Waals surface area contributed by atoms with Crippen molar-refractivity contribution in [2.45, 2.75) is 32.4 Å². The topological polar surface area (TPSA) is 71.5 Å². The van der Waals surface area contributed by atoms with Crippen molar-refractivity contribution in [2.75, 3.05) is 18.6 Å². The second kappa shape index (κ2) is 4.77. The van der Waals surface area contributed by atoms with Crippen molar-refractivity contribution in [1.82, 2.24) is 10.3 Å². The average molecular weight is 275 g/mol. The Hall–Kier alpha value is -2.11. The molecule has 1 fully saturated rings. The second-order valence-corrected chi connectivity index (χ2v) is 5.21. The minimum atomic E-state index is -0.494. The van der Waals surface area contributed by atoms with Crippen LogP contribution in [0.5, 0.6) is 0 Å². The molecule has 3 heterocycles. The van der Waals surface area contributed by atoms with Gasteiger partial charge >= 0.3 is 5.97 Å². The fourth-order valence-corrected chi connectivity index (χ4v) is 2.89. The molecule has 0 radical (unpaired) electrons. The van der Waals surface area contributed by atoms with E-state index in [0.29, 0.717) is 29.5 Å². The number of anilines is 1. The van der Waals surface area contributed by atoms with E-state index in [1.165, 1.54) is 7.11 Å². The molecule has 1 unspecified atom stereocenters. The molecule has 6 heteroatoms. The lowest BCUT2D eigenvalue weighted by molar-refractivity contribution is 0.0592. The summed E-state index contributed by atoms with van der Waals surface area (Å²) >= 11 is 0. The first-order valence-corrected chi connectivity index (χ1v) is 6.79. The van der Waals surface area contributed by atoms with E-state index in [2.05, 4.69) is 22.1 Å². The van der Waals surface area contributed by atoms with E-state index in [9.17, 15) is 9.59 Å². The monoisotopic (exact) mass is 275 g/mol. The molecule has 0 bridgehead atoms. The number of esters is 1. The van der Waals surface area contributed by atoms with Crippen LogP contribution in [0.1, 0.15) is 46.2 Å². The summed E-state index contributed by atoms with van der Waals surface area (Å²) in [6, 6.07) is 2.15. The van der Waals surface area contributed by atoms with E-state index in [0.717, 1.165) is 19.4 Å². The number of carbonyl (C=O) groups is 2. The molecule has 6 nitrogen and oxygen atoms in total. The number of hydrogen-bond acceptors (Lipinski definition) is 5. The maximum atomic E-state index is 11.9. The van der Waals surface area contributed by atoms with Crippen molar-refractivity contribution in [3.63, 3.8) is 0 Å². The number of nitrogens with one attached hydrogen (secondary N) is 1. The highest BCUT2D eigenvalue weighted by Gasteiger charge is 2.30. The Morgan fingerprint density at radius 2 is 2.35 bits per heavy atom. The maximum absolute atomic E-state index is 11.9. The summed E-state index contributed by atoms with van der Waals surface area (Å²) in [6.45, 7) is 3.36. The summed E-state index contributed by atoms with van der Waals surface area (Å²) in [6.07, 6.45) is 2.19. The van der Waals surface area contributed by atoms with Gasteiger partial charge in [-0.15, -0.1) is 0 Å². The summed E-state index contributed by atoms with van der Waals surface area (Å²) in [5, 5.41) is 2.73. The van der Waals surface area contributed by atoms with Gasteiger partial charge in [0.25, 0.3) is 5.91 Å². The van der Waals surface area contributed by atoms with Crippen LogP contribution in [0.25, 0.3) is 0 Å². The van der Waals surface area contributed by atoms with Crippen LogP contribution in [0.2, 0.25) is 0 Å². The third kappa shape index (κ3) is 1.92. The molecule has 3 rings (SSSR count). The minimum absolute atomic E-state index is 0.152. The molecule has 1 aromatic heterocycles. The molecule has 2 aliphatic heterocycles. The molecule has 1 aromatic rings. The van der Waals surface area contributed by atoms with Gasteiger partial charge in [0.05, 0.1) is 12.7 Å². The smallest absolute Gasteiger partial charge is 0.357 e. The zero-order valence-corrected chi connectivity index (χ0v) is 11.6. The first-order valence-electron chi connectivity index (χ1n) is 6.79. The van der Waals surface area contributed by atoms with E-state index >= 15 is 0 Å². The summed E-state index contributed by atoms with van der Waals surface area (Å²) in [5.74, 6) is 0.0401. The standard InChI is InChI=1S/C14H17N3O3/c1-8-4-3-5-17(8)11-6-9-10(7-15-13(9)18)12(16-11)14(19)20-2/h6,8H,3-5,7H2,1-2H3,(H,15,18). The quantitative estimate of drug-likeness (QED) is 0.818. The van der Waals surface area contributed by atoms with E-state index in [-0.39, 0.29) is 11.6 Å². The van der Waals surface area contributed by atoms with Gasteiger partial charge in [-0.2, -0.15) is 0 Å². The lowest BCUT2D eigenvalue weighted by atomic mass is 10.1. The number of methoxy groups -OCH3 is 1. The van der Waals surface area contributed by atoms with Gasteiger partial charge in [0.2, 0.25) is 0 Å². The van der Waals surface area contributed by atoms with Crippen LogP contribution in [0.3, 0.4) is 0 Å². The maximum Gasteiger partial charge on any atom is 0.357 e. The SMILES string of the molecule is COC(=O)c1nc(N2CCCC2C)cc2c1CNC2=O. The molecule has 1 amide bonds. The van der Waals surface area contributed by atoms with Crippen molar-refractivity contribution in [3.05, 3.63) is 22.9 Å². The molecule has 20 heavy (non-hydrogen) atoms. The zero-order valence-electron chi connectivity index (χ0n) is 11.6. The fourth-order valence-electron chi connectivity index (χ4n) is 2.89. The minimum Gasteiger partial charge on any atom is -0.464 e. The number of pyridine rings is 1. The van der Waals surface area contributed by atoms with E-state index in [4.69, 9.17) is 4.74 Å². The summed E-state index contributed by atoms with van der Waals surface area (Å²) < 4.78 is 4.78. The summed E-state index contributed by atoms with van der Waals surface area (Å²) in [4.78, 5) is 30.3. The number of fused-ring (bicyclic) bond motifs is 1. The lowest BCUT2D eigenvalue weighted by Crippen LogP contribution is -2.28. The molecular weight excluding hydrogens is 258 g/mol. The average Bonchev–Trinajstić information content (AvgIpc) is 3.04. The highest BCUT2D eigenvalue weighted by atomic mass is 16.5. The number of aromatic nitrogens is 1.